The number of hydrogen-bond donors (Lipinski definition) is 3. The third kappa shape index (κ3) is 8.42. The third-order valence-electron chi connectivity index (χ3n) is 6.85. The zero-order valence-corrected chi connectivity index (χ0v) is 26.1. The molecule has 0 saturated carbocycles. The first kappa shape index (κ1) is 32.5. The van der Waals surface area contributed by atoms with Gasteiger partial charge in [0.2, 0.25) is 5.82 Å². The van der Waals surface area contributed by atoms with Crippen LogP contribution in [0.3, 0.4) is 0 Å². The van der Waals surface area contributed by atoms with Crippen LogP contribution in [0.2, 0.25) is 0 Å². The van der Waals surface area contributed by atoms with Crippen molar-refractivity contribution in [2.45, 2.75) is 45.8 Å². The van der Waals surface area contributed by atoms with Gasteiger partial charge >= 0.3 is 12.1 Å². The lowest BCUT2D eigenvalue weighted by atomic mass is 10.0. The lowest BCUT2D eigenvalue weighted by Crippen LogP contribution is -2.42. The molecule has 3 aromatic carbocycles. The van der Waals surface area contributed by atoms with Gasteiger partial charge in [-0.1, -0.05) is 47.1 Å². The summed E-state index contributed by atoms with van der Waals surface area (Å²) in [6, 6.07) is 21.9. The first-order chi connectivity index (χ1) is 22.3. The van der Waals surface area contributed by atoms with E-state index in [0.29, 0.717) is 22.5 Å². The molecule has 2 heterocycles. The van der Waals surface area contributed by atoms with Crippen molar-refractivity contribution in [2.75, 3.05) is 5.32 Å². The molecule has 0 fully saturated rings. The molecule has 5 rings (SSSR count). The Labute approximate surface area is 269 Å². The van der Waals surface area contributed by atoms with E-state index in [2.05, 4.69) is 25.8 Å². The summed E-state index contributed by atoms with van der Waals surface area (Å²) in [7, 11) is 0. The summed E-state index contributed by atoms with van der Waals surface area (Å²) in [5.74, 6) is -2.54. The predicted octanol–water partition coefficient (Wildman–Crippen LogP) is 6.69. The number of carbonyl (C=O) groups excluding carboxylic acids is 2. The highest BCUT2D eigenvalue weighted by atomic mass is 19.1. The molecule has 11 nitrogen and oxygen atoms in total. The number of aryl methyl sites for hydroxylation is 1. The van der Waals surface area contributed by atoms with Gasteiger partial charge in [0, 0.05) is 23.2 Å². The molecule has 2 aromatic heterocycles. The molecular weight excluding hydrogens is 605 g/mol. The van der Waals surface area contributed by atoms with Gasteiger partial charge in [-0.15, -0.1) is 0 Å². The smallest absolute Gasteiger partial charge is 0.412 e. The lowest BCUT2D eigenvalue weighted by Gasteiger charge is -2.19. The number of halogens is 1. The summed E-state index contributed by atoms with van der Waals surface area (Å²) in [6.45, 7) is 7.25. The van der Waals surface area contributed by atoms with E-state index in [1.807, 2.05) is 31.2 Å². The van der Waals surface area contributed by atoms with Gasteiger partial charge in [0.25, 0.3) is 11.8 Å². The molecule has 0 aliphatic heterocycles. The second kappa shape index (κ2) is 13.6. The Bertz CT molecular complexity index is 1920. The Hall–Kier alpha value is -5.91. The molecule has 12 heteroatoms. The second-order valence-corrected chi connectivity index (χ2v) is 11.8. The number of aliphatic carboxylic acids is 1. The number of carboxylic acid groups (broad SMARTS) is 1. The molecule has 1 unspecified atom stereocenters. The van der Waals surface area contributed by atoms with Crippen LogP contribution in [0.5, 0.6) is 0 Å². The number of aromatic nitrogens is 3. The highest BCUT2D eigenvalue weighted by Crippen LogP contribution is 2.26. The van der Waals surface area contributed by atoms with E-state index < -0.39 is 35.4 Å². The monoisotopic (exact) mass is 637 g/mol. The Morgan fingerprint density at radius 2 is 1.64 bits per heavy atom. The standard InChI is InChI=1S/C35H32FN5O6/c1-20-8-11-22(12-9-20)27-6-5-7-28(38-27)31(42)39-29(33(43)44)19-21-10-17-25(26(36)18-21)30-40-32(47-41-30)23-13-15-24(16-14-23)37-34(45)46-35(2,3)4/h5-18,29H,19H2,1-4H3,(H,37,45)(H,39,42)(H,43,44). The summed E-state index contributed by atoms with van der Waals surface area (Å²) < 4.78 is 25.8. The number of rotatable bonds is 9. The highest BCUT2D eigenvalue weighted by molar-refractivity contribution is 5.95. The molecular formula is C35H32FN5O6. The molecule has 5 aromatic rings. The zero-order valence-electron chi connectivity index (χ0n) is 26.1. The van der Waals surface area contributed by atoms with Crippen molar-refractivity contribution in [1.82, 2.24) is 20.4 Å². The van der Waals surface area contributed by atoms with Crippen molar-refractivity contribution in [2.24, 2.45) is 0 Å². The van der Waals surface area contributed by atoms with Gasteiger partial charge in [-0.05, 0) is 81.8 Å². The summed E-state index contributed by atoms with van der Waals surface area (Å²) in [5.41, 5.74) is 3.28. The van der Waals surface area contributed by atoms with Crippen molar-refractivity contribution >= 4 is 23.7 Å². The van der Waals surface area contributed by atoms with Gasteiger partial charge < -0.3 is 19.7 Å². The molecule has 0 aliphatic rings. The number of nitrogens with zero attached hydrogens (tertiary/aromatic N) is 3. The molecule has 0 saturated heterocycles. The number of amides is 2. The molecule has 47 heavy (non-hydrogen) atoms. The quantitative estimate of drug-likeness (QED) is 0.160. The van der Waals surface area contributed by atoms with Crippen LogP contribution in [0, 0.1) is 12.7 Å². The molecule has 3 N–H and O–H groups in total. The van der Waals surface area contributed by atoms with E-state index in [1.54, 1.807) is 57.2 Å². The number of anilines is 1. The minimum absolute atomic E-state index is 0.0115. The van der Waals surface area contributed by atoms with Gasteiger partial charge in [0.15, 0.2) is 0 Å². The SMILES string of the molecule is Cc1ccc(-c2cccc(C(=O)NC(Cc3ccc(-c4noc(-c5ccc(NC(=O)OC(C)(C)C)cc5)n4)c(F)c3)C(=O)O)n2)cc1. The fraction of sp³-hybridized carbons (Fsp3) is 0.200. The van der Waals surface area contributed by atoms with Crippen molar-refractivity contribution in [3.63, 3.8) is 0 Å². The minimum Gasteiger partial charge on any atom is -0.480 e. The first-order valence-electron chi connectivity index (χ1n) is 14.7. The maximum Gasteiger partial charge on any atom is 0.412 e. The number of benzene rings is 3. The van der Waals surface area contributed by atoms with Gasteiger partial charge in [-0.25, -0.2) is 19.0 Å². The van der Waals surface area contributed by atoms with Crippen molar-refractivity contribution in [3.8, 4) is 34.1 Å². The highest BCUT2D eigenvalue weighted by Gasteiger charge is 2.23. The summed E-state index contributed by atoms with van der Waals surface area (Å²) >= 11 is 0. The zero-order chi connectivity index (χ0) is 33.7. The summed E-state index contributed by atoms with van der Waals surface area (Å²) in [6.07, 6.45) is -0.779. The first-order valence-corrected chi connectivity index (χ1v) is 14.7. The van der Waals surface area contributed by atoms with Crippen LogP contribution < -0.4 is 10.6 Å². The van der Waals surface area contributed by atoms with Crippen molar-refractivity contribution < 1.29 is 33.1 Å². The minimum atomic E-state index is -1.35. The number of ether oxygens (including phenoxy) is 1. The number of carboxylic acids is 1. The van der Waals surface area contributed by atoms with Crippen LogP contribution in [-0.2, 0) is 16.0 Å². The number of hydrogen-bond acceptors (Lipinski definition) is 8. The summed E-state index contributed by atoms with van der Waals surface area (Å²) in [5, 5.41) is 18.8. The van der Waals surface area contributed by atoms with Gasteiger partial charge in [0.1, 0.15) is 23.2 Å². The van der Waals surface area contributed by atoms with E-state index in [9.17, 15) is 19.5 Å². The molecule has 0 radical (unpaired) electrons. The Kier molecular flexibility index (Phi) is 9.41. The van der Waals surface area contributed by atoms with Gasteiger partial charge in [-0.3, -0.25) is 10.1 Å². The van der Waals surface area contributed by atoms with Crippen molar-refractivity contribution in [3.05, 3.63) is 108 Å². The maximum atomic E-state index is 15.2. The summed E-state index contributed by atoms with van der Waals surface area (Å²) in [4.78, 5) is 45.7. The molecule has 2 amide bonds. The predicted molar refractivity (Wildman–Crippen MR) is 172 cm³/mol. The van der Waals surface area contributed by atoms with E-state index in [-0.39, 0.29) is 29.4 Å². The topological polar surface area (TPSA) is 157 Å². The molecule has 1 atom stereocenters. The number of pyridine rings is 1. The van der Waals surface area contributed by atoms with Crippen LogP contribution in [0.25, 0.3) is 34.1 Å². The van der Waals surface area contributed by atoms with Gasteiger partial charge in [-0.2, -0.15) is 4.98 Å². The van der Waals surface area contributed by atoms with Gasteiger partial charge in [0.05, 0.1) is 11.3 Å². The normalized spacial score (nSPS) is 11.9. The van der Waals surface area contributed by atoms with E-state index in [1.165, 1.54) is 24.3 Å². The van der Waals surface area contributed by atoms with E-state index in [0.717, 1.165) is 11.1 Å². The van der Waals surface area contributed by atoms with E-state index >= 15 is 4.39 Å². The number of carbonyl (C=O) groups is 3. The second-order valence-electron chi connectivity index (χ2n) is 11.8. The van der Waals surface area contributed by atoms with Crippen LogP contribution in [-0.4, -0.2) is 49.8 Å². The third-order valence-corrected chi connectivity index (χ3v) is 6.85. The molecule has 240 valence electrons. The average molecular weight is 638 g/mol. The fourth-order valence-corrected chi connectivity index (χ4v) is 4.55. The molecule has 0 spiro atoms. The fourth-order valence-electron chi connectivity index (χ4n) is 4.55. The Balaban J connectivity index is 1.24. The lowest BCUT2D eigenvalue weighted by molar-refractivity contribution is -0.139. The van der Waals surface area contributed by atoms with Crippen molar-refractivity contribution in [1.29, 1.82) is 0 Å². The number of nitrogens with one attached hydrogen (secondary N) is 2. The Morgan fingerprint density at radius 3 is 2.30 bits per heavy atom. The van der Waals surface area contributed by atoms with Crippen LogP contribution in [0.1, 0.15) is 42.4 Å². The van der Waals surface area contributed by atoms with Crippen LogP contribution in [0.4, 0.5) is 14.9 Å². The largest absolute Gasteiger partial charge is 0.480 e. The van der Waals surface area contributed by atoms with E-state index in [4.69, 9.17) is 9.26 Å². The molecule has 0 bridgehead atoms. The van der Waals surface area contributed by atoms with Crippen LogP contribution >= 0.6 is 0 Å². The van der Waals surface area contributed by atoms with Crippen LogP contribution in [0.15, 0.2) is 89.5 Å². The Morgan fingerprint density at radius 1 is 0.936 bits per heavy atom. The maximum absolute atomic E-state index is 15.2. The molecule has 0 aliphatic carbocycles. The average Bonchev–Trinajstić information content (AvgIpc) is 3.50.